The Morgan fingerprint density at radius 3 is 2.67 bits per heavy atom. The fourth-order valence-electron chi connectivity index (χ4n) is 3.50. The Labute approximate surface area is 180 Å². The molecule has 1 heterocycles. The zero-order chi connectivity index (χ0) is 18.5. The van der Waals surface area contributed by atoms with E-state index < -0.39 is 0 Å². The molecule has 156 valence electrons. The number of nitrogens with zero attached hydrogens (tertiary/aromatic N) is 1. The Morgan fingerprint density at radius 2 is 2.00 bits per heavy atom. The van der Waals surface area contributed by atoms with E-state index in [0.717, 1.165) is 57.4 Å². The van der Waals surface area contributed by atoms with E-state index in [9.17, 15) is 0 Å². The second kappa shape index (κ2) is 14.2. The van der Waals surface area contributed by atoms with Crippen LogP contribution < -0.4 is 10.6 Å². The third kappa shape index (κ3) is 9.30. The number of ether oxygens (including phenoxy) is 2. The fraction of sp³-hybridized carbons (Fsp3) is 0.750. The van der Waals surface area contributed by atoms with E-state index in [2.05, 4.69) is 17.6 Å². The summed E-state index contributed by atoms with van der Waals surface area (Å²) in [5.74, 6) is 1.84. The highest BCUT2D eigenvalue weighted by molar-refractivity contribution is 14.0. The van der Waals surface area contributed by atoms with Crippen molar-refractivity contribution in [2.24, 2.45) is 10.4 Å². The monoisotopic (exact) mass is 493 g/mol. The number of aliphatic imine (C=N–C) groups is 1. The van der Waals surface area contributed by atoms with Crippen LogP contribution in [0.3, 0.4) is 0 Å². The summed E-state index contributed by atoms with van der Waals surface area (Å²) in [6.07, 6.45) is 8.77. The van der Waals surface area contributed by atoms with Gasteiger partial charge in [0.1, 0.15) is 5.76 Å². The van der Waals surface area contributed by atoms with Crippen molar-refractivity contribution >= 4 is 29.9 Å². The van der Waals surface area contributed by atoms with E-state index in [4.69, 9.17) is 18.9 Å². The van der Waals surface area contributed by atoms with E-state index in [1.54, 1.807) is 13.4 Å². The average Bonchev–Trinajstić information content (AvgIpc) is 3.32. The molecule has 0 saturated heterocycles. The van der Waals surface area contributed by atoms with E-state index in [1.165, 1.54) is 25.7 Å². The van der Waals surface area contributed by atoms with Crippen LogP contribution >= 0.6 is 24.0 Å². The molecule has 0 spiro atoms. The van der Waals surface area contributed by atoms with Crippen molar-refractivity contribution in [3.05, 3.63) is 24.2 Å². The number of nitrogens with one attached hydrogen (secondary N) is 2. The Kier molecular flexibility index (Phi) is 12.8. The molecule has 0 aromatic carbocycles. The first-order valence-corrected chi connectivity index (χ1v) is 9.89. The summed E-state index contributed by atoms with van der Waals surface area (Å²) in [5.41, 5.74) is 0.298. The maximum atomic E-state index is 5.61. The molecule has 7 heteroatoms. The molecule has 0 aliphatic heterocycles. The fourth-order valence-corrected chi connectivity index (χ4v) is 3.50. The molecular weight excluding hydrogens is 457 g/mol. The number of hydrogen-bond acceptors (Lipinski definition) is 4. The topological polar surface area (TPSA) is 68.0 Å². The Balaban J connectivity index is 0.00000364. The van der Waals surface area contributed by atoms with Gasteiger partial charge in [0.05, 0.1) is 12.9 Å². The summed E-state index contributed by atoms with van der Waals surface area (Å²) in [6, 6.07) is 3.92. The quantitative estimate of drug-likeness (QED) is 0.202. The van der Waals surface area contributed by atoms with Gasteiger partial charge in [-0.15, -0.1) is 24.0 Å². The Bertz CT molecular complexity index is 503. The van der Waals surface area contributed by atoms with Crippen molar-refractivity contribution < 1.29 is 13.9 Å². The van der Waals surface area contributed by atoms with Gasteiger partial charge < -0.3 is 24.5 Å². The van der Waals surface area contributed by atoms with Crippen LogP contribution in [-0.4, -0.2) is 52.5 Å². The first-order valence-electron chi connectivity index (χ1n) is 9.89. The first kappa shape index (κ1) is 24.2. The lowest BCUT2D eigenvalue weighted by Gasteiger charge is -2.27. The summed E-state index contributed by atoms with van der Waals surface area (Å²) in [5, 5.41) is 6.78. The average molecular weight is 493 g/mol. The number of methoxy groups -OCH3 is 1. The van der Waals surface area contributed by atoms with Gasteiger partial charge in [0, 0.05) is 46.4 Å². The van der Waals surface area contributed by atoms with Gasteiger partial charge in [0.2, 0.25) is 0 Å². The number of rotatable bonds is 12. The third-order valence-corrected chi connectivity index (χ3v) is 5.06. The van der Waals surface area contributed by atoms with Crippen molar-refractivity contribution in [1.82, 2.24) is 10.6 Å². The lowest BCUT2D eigenvalue weighted by atomic mass is 9.83. The second-order valence-electron chi connectivity index (χ2n) is 6.99. The Hall–Kier alpha value is -0.800. The predicted molar refractivity (Wildman–Crippen MR) is 120 cm³/mol. The Morgan fingerprint density at radius 1 is 1.22 bits per heavy atom. The lowest BCUT2D eigenvalue weighted by molar-refractivity contribution is 0.107. The SMILES string of the molecule is CCOCCC1(CN=C(NCCOC)NCCc2ccco2)CCCC1.I. The molecule has 6 nitrogen and oxygen atoms in total. The van der Waals surface area contributed by atoms with Crippen LogP contribution in [0.2, 0.25) is 0 Å². The molecule has 1 aromatic rings. The van der Waals surface area contributed by atoms with Gasteiger partial charge in [-0.3, -0.25) is 4.99 Å². The van der Waals surface area contributed by atoms with Gasteiger partial charge in [-0.2, -0.15) is 0 Å². The second-order valence-corrected chi connectivity index (χ2v) is 6.99. The number of halogens is 1. The number of guanidine groups is 1. The minimum Gasteiger partial charge on any atom is -0.469 e. The molecule has 2 N–H and O–H groups in total. The molecule has 0 amide bonds. The molecule has 0 radical (unpaired) electrons. The molecule has 2 rings (SSSR count). The van der Waals surface area contributed by atoms with Crippen molar-refractivity contribution in [2.75, 3.05) is 46.6 Å². The van der Waals surface area contributed by atoms with Gasteiger partial charge >= 0.3 is 0 Å². The zero-order valence-electron chi connectivity index (χ0n) is 16.8. The van der Waals surface area contributed by atoms with E-state index in [-0.39, 0.29) is 24.0 Å². The summed E-state index contributed by atoms with van der Waals surface area (Å²) in [7, 11) is 1.71. The smallest absolute Gasteiger partial charge is 0.191 e. The highest BCUT2D eigenvalue weighted by Gasteiger charge is 2.33. The van der Waals surface area contributed by atoms with Crippen molar-refractivity contribution in [3.63, 3.8) is 0 Å². The largest absolute Gasteiger partial charge is 0.469 e. The van der Waals surface area contributed by atoms with Crippen LogP contribution in [0, 0.1) is 5.41 Å². The van der Waals surface area contributed by atoms with Gasteiger partial charge in [-0.25, -0.2) is 0 Å². The molecule has 1 aliphatic carbocycles. The summed E-state index contributed by atoms with van der Waals surface area (Å²) >= 11 is 0. The lowest BCUT2D eigenvalue weighted by Crippen LogP contribution is -2.41. The highest BCUT2D eigenvalue weighted by atomic mass is 127. The molecule has 1 aromatic heterocycles. The van der Waals surface area contributed by atoms with Gasteiger partial charge in [-0.1, -0.05) is 12.8 Å². The molecule has 1 saturated carbocycles. The standard InChI is InChI=1S/C20H35N3O3.HI/c1-3-25-15-11-20(9-4-5-10-20)17-23-19(22-13-16-24-2)21-12-8-18-7-6-14-26-18;/h6-7,14H,3-5,8-13,15-17H2,1-2H3,(H2,21,22,23);1H. The van der Waals surface area contributed by atoms with Crippen LogP contribution in [0.5, 0.6) is 0 Å². The highest BCUT2D eigenvalue weighted by Crippen LogP contribution is 2.41. The minimum atomic E-state index is 0. The normalized spacial score (nSPS) is 16.1. The molecular formula is C20H36IN3O3. The van der Waals surface area contributed by atoms with Crippen LogP contribution in [-0.2, 0) is 15.9 Å². The van der Waals surface area contributed by atoms with Crippen LogP contribution in [0.1, 0.15) is 44.8 Å². The van der Waals surface area contributed by atoms with Crippen molar-refractivity contribution in [2.45, 2.75) is 45.4 Å². The molecule has 27 heavy (non-hydrogen) atoms. The van der Waals surface area contributed by atoms with Crippen LogP contribution in [0.25, 0.3) is 0 Å². The van der Waals surface area contributed by atoms with Crippen LogP contribution in [0.15, 0.2) is 27.8 Å². The van der Waals surface area contributed by atoms with Gasteiger partial charge in [0.25, 0.3) is 0 Å². The van der Waals surface area contributed by atoms with E-state index in [1.807, 2.05) is 12.1 Å². The summed E-state index contributed by atoms with van der Waals surface area (Å²) < 4.78 is 16.1. The van der Waals surface area contributed by atoms with E-state index in [0.29, 0.717) is 12.0 Å². The molecule has 0 bridgehead atoms. The number of furan rings is 1. The predicted octanol–water partition coefficient (Wildman–Crippen LogP) is 3.61. The number of hydrogen-bond donors (Lipinski definition) is 2. The van der Waals surface area contributed by atoms with E-state index >= 15 is 0 Å². The zero-order valence-corrected chi connectivity index (χ0v) is 19.1. The molecule has 0 unspecified atom stereocenters. The van der Waals surface area contributed by atoms with Crippen LogP contribution in [0.4, 0.5) is 0 Å². The summed E-state index contributed by atoms with van der Waals surface area (Å²) in [4.78, 5) is 4.90. The first-order chi connectivity index (χ1) is 12.8. The maximum Gasteiger partial charge on any atom is 0.191 e. The van der Waals surface area contributed by atoms with Gasteiger partial charge in [0.15, 0.2) is 5.96 Å². The molecule has 0 atom stereocenters. The van der Waals surface area contributed by atoms with Crippen molar-refractivity contribution in [3.8, 4) is 0 Å². The summed E-state index contributed by atoms with van der Waals surface area (Å²) in [6.45, 7) is 6.73. The minimum absolute atomic E-state index is 0. The molecule has 1 aliphatic rings. The maximum absolute atomic E-state index is 5.61. The molecule has 1 fully saturated rings. The van der Waals surface area contributed by atoms with Gasteiger partial charge in [-0.05, 0) is 43.7 Å². The van der Waals surface area contributed by atoms with Crippen molar-refractivity contribution in [1.29, 1.82) is 0 Å². The third-order valence-electron chi connectivity index (χ3n) is 5.06.